The molecule has 0 aliphatic carbocycles. The van der Waals surface area contributed by atoms with Gasteiger partial charge in [-0.1, -0.05) is 6.07 Å². The zero-order chi connectivity index (χ0) is 19.0. The predicted octanol–water partition coefficient (Wildman–Crippen LogP) is 2.31. The molecule has 6 nitrogen and oxygen atoms in total. The van der Waals surface area contributed by atoms with E-state index in [-0.39, 0.29) is 23.6 Å². The molecule has 0 saturated carbocycles. The molecular formula is C19H16F2N4O2. The molecule has 27 heavy (non-hydrogen) atoms. The number of halogens is 2. The number of nitrogens with one attached hydrogen (secondary N) is 3. The van der Waals surface area contributed by atoms with Gasteiger partial charge >= 0.3 is 0 Å². The molecule has 0 unspecified atom stereocenters. The number of nitrogens with zero attached hydrogens (tertiary/aromatic N) is 1. The third kappa shape index (κ3) is 3.21. The first kappa shape index (κ1) is 17.0. The minimum Gasteiger partial charge on any atom is -0.361 e. The monoisotopic (exact) mass is 370 g/mol. The number of carbonyl (C=O) groups is 2. The Balaban J connectivity index is 1.56. The molecule has 4 rings (SSSR count). The quantitative estimate of drug-likeness (QED) is 0.725. The summed E-state index contributed by atoms with van der Waals surface area (Å²) in [6.45, 7) is 1.09. The maximum atomic E-state index is 14.5. The van der Waals surface area contributed by atoms with Gasteiger partial charge < -0.3 is 20.9 Å². The molecule has 0 aromatic heterocycles. The van der Waals surface area contributed by atoms with Crippen molar-refractivity contribution in [3.8, 4) is 0 Å². The molecule has 0 spiro atoms. The first-order valence-corrected chi connectivity index (χ1v) is 8.41. The average molecular weight is 370 g/mol. The van der Waals surface area contributed by atoms with Gasteiger partial charge in [0.05, 0.1) is 23.5 Å². The summed E-state index contributed by atoms with van der Waals surface area (Å²) in [4.78, 5) is 25.2. The van der Waals surface area contributed by atoms with Crippen LogP contribution < -0.4 is 20.9 Å². The van der Waals surface area contributed by atoms with Crippen LogP contribution in [0.3, 0.4) is 0 Å². The Bertz CT molecular complexity index is 974. The van der Waals surface area contributed by atoms with Gasteiger partial charge in [-0.25, -0.2) is 8.78 Å². The summed E-state index contributed by atoms with van der Waals surface area (Å²) < 4.78 is 28.5. The SMILES string of the molecule is O=C1CN(c2ccc(N/C=C3/C(=O)Nc4cccc(F)c43)cc2F)CCN1. The molecule has 2 heterocycles. The molecule has 138 valence electrons. The van der Waals surface area contributed by atoms with Gasteiger partial charge in [0.25, 0.3) is 5.91 Å². The second kappa shape index (κ2) is 6.71. The lowest BCUT2D eigenvalue weighted by Gasteiger charge is -2.29. The van der Waals surface area contributed by atoms with Crippen molar-refractivity contribution in [3.05, 3.63) is 59.8 Å². The molecule has 0 radical (unpaired) electrons. The van der Waals surface area contributed by atoms with E-state index in [0.717, 1.165) is 0 Å². The van der Waals surface area contributed by atoms with E-state index in [1.807, 2.05) is 0 Å². The van der Waals surface area contributed by atoms with Crippen LogP contribution in [-0.4, -0.2) is 31.4 Å². The van der Waals surface area contributed by atoms with Crippen molar-refractivity contribution in [2.24, 2.45) is 0 Å². The van der Waals surface area contributed by atoms with Crippen LogP contribution in [0.2, 0.25) is 0 Å². The third-order valence-corrected chi connectivity index (χ3v) is 4.49. The lowest BCUT2D eigenvalue weighted by atomic mass is 10.1. The highest BCUT2D eigenvalue weighted by molar-refractivity contribution is 6.31. The number of hydrogen-bond donors (Lipinski definition) is 3. The van der Waals surface area contributed by atoms with E-state index < -0.39 is 17.5 Å². The van der Waals surface area contributed by atoms with E-state index in [0.29, 0.717) is 30.2 Å². The van der Waals surface area contributed by atoms with E-state index >= 15 is 0 Å². The fourth-order valence-corrected chi connectivity index (χ4v) is 3.20. The maximum absolute atomic E-state index is 14.5. The van der Waals surface area contributed by atoms with E-state index in [1.165, 1.54) is 24.4 Å². The number of hydrogen-bond acceptors (Lipinski definition) is 4. The first-order valence-electron chi connectivity index (χ1n) is 8.41. The van der Waals surface area contributed by atoms with Crippen LogP contribution in [0, 0.1) is 11.6 Å². The van der Waals surface area contributed by atoms with Gasteiger partial charge in [-0.05, 0) is 30.3 Å². The molecular weight excluding hydrogens is 354 g/mol. The van der Waals surface area contributed by atoms with Crippen LogP contribution in [0.25, 0.3) is 5.57 Å². The Kier molecular flexibility index (Phi) is 4.23. The summed E-state index contributed by atoms with van der Waals surface area (Å²) in [7, 11) is 0. The van der Waals surface area contributed by atoms with Crippen molar-refractivity contribution >= 4 is 34.4 Å². The fraction of sp³-hybridized carbons (Fsp3) is 0.158. The highest BCUT2D eigenvalue weighted by Crippen LogP contribution is 2.33. The third-order valence-electron chi connectivity index (χ3n) is 4.49. The smallest absolute Gasteiger partial charge is 0.257 e. The highest BCUT2D eigenvalue weighted by atomic mass is 19.1. The Hall–Kier alpha value is -3.42. The molecule has 3 N–H and O–H groups in total. The number of anilines is 3. The topological polar surface area (TPSA) is 73.5 Å². The van der Waals surface area contributed by atoms with Crippen LogP contribution in [0.1, 0.15) is 5.56 Å². The van der Waals surface area contributed by atoms with Crippen LogP contribution in [0.5, 0.6) is 0 Å². The molecule has 0 bridgehead atoms. The Morgan fingerprint density at radius 3 is 2.74 bits per heavy atom. The number of rotatable bonds is 3. The number of piperazine rings is 1. The molecule has 8 heteroatoms. The van der Waals surface area contributed by atoms with Gasteiger partial charge in [-0.3, -0.25) is 9.59 Å². The lowest BCUT2D eigenvalue weighted by Crippen LogP contribution is -2.48. The summed E-state index contributed by atoms with van der Waals surface area (Å²) in [5.74, 6) is -1.58. The molecule has 2 aromatic carbocycles. The Morgan fingerprint density at radius 1 is 1.11 bits per heavy atom. The van der Waals surface area contributed by atoms with Crippen LogP contribution >= 0.6 is 0 Å². The van der Waals surface area contributed by atoms with Gasteiger partial charge in [0.2, 0.25) is 5.91 Å². The molecule has 2 aliphatic rings. The minimum absolute atomic E-state index is 0.101. The maximum Gasteiger partial charge on any atom is 0.257 e. The van der Waals surface area contributed by atoms with Crippen molar-refractivity contribution in [2.45, 2.75) is 0 Å². The van der Waals surface area contributed by atoms with Gasteiger partial charge in [0, 0.05) is 30.5 Å². The zero-order valence-electron chi connectivity index (χ0n) is 14.2. The van der Waals surface area contributed by atoms with Crippen molar-refractivity contribution in [3.63, 3.8) is 0 Å². The van der Waals surface area contributed by atoms with Gasteiger partial charge in [-0.15, -0.1) is 0 Å². The highest BCUT2D eigenvalue weighted by Gasteiger charge is 2.27. The van der Waals surface area contributed by atoms with E-state index in [9.17, 15) is 18.4 Å². The van der Waals surface area contributed by atoms with Crippen molar-refractivity contribution in [2.75, 3.05) is 35.2 Å². The fourth-order valence-electron chi connectivity index (χ4n) is 3.20. The minimum atomic E-state index is -0.510. The predicted molar refractivity (Wildman–Crippen MR) is 98.3 cm³/mol. The molecule has 2 aromatic rings. The van der Waals surface area contributed by atoms with Crippen LogP contribution in [0.4, 0.5) is 25.8 Å². The van der Waals surface area contributed by atoms with Crippen LogP contribution in [0.15, 0.2) is 42.6 Å². The van der Waals surface area contributed by atoms with Gasteiger partial charge in [0.15, 0.2) is 0 Å². The number of benzene rings is 2. The second-order valence-corrected chi connectivity index (χ2v) is 6.26. The summed E-state index contributed by atoms with van der Waals surface area (Å²) >= 11 is 0. The van der Waals surface area contributed by atoms with E-state index in [1.54, 1.807) is 23.1 Å². The van der Waals surface area contributed by atoms with Gasteiger partial charge in [0.1, 0.15) is 11.6 Å². The molecule has 2 aliphatic heterocycles. The normalized spacial score (nSPS) is 17.6. The first-order chi connectivity index (χ1) is 13.0. The molecule has 0 atom stereocenters. The summed E-state index contributed by atoms with van der Waals surface area (Å²) in [6.07, 6.45) is 1.35. The summed E-state index contributed by atoms with van der Waals surface area (Å²) in [5.41, 5.74) is 1.46. The summed E-state index contributed by atoms with van der Waals surface area (Å²) in [5, 5.41) is 8.11. The summed E-state index contributed by atoms with van der Waals surface area (Å²) in [6, 6.07) is 8.87. The van der Waals surface area contributed by atoms with Crippen LogP contribution in [-0.2, 0) is 9.59 Å². The molecule has 1 saturated heterocycles. The average Bonchev–Trinajstić information content (AvgIpc) is 2.96. The Morgan fingerprint density at radius 2 is 1.96 bits per heavy atom. The standard InChI is InChI=1S/C19H16F2N4O2/c20-13-2-1-3-15-18(13)12(19(27)24-15)9-23-11-4-5-16(14(21)8-11)25-7-6-22-17(26)10-25/h1-5,8-9,23H,6-7,10H2,(H,22,26)(H,24,27)/b12-9+. The molecule has 2 amide bonds. The van der Waals surface area contributed by atoms with Crippen molar-refractivity contribution in [1.82, 2.24) is 5.32 Å². The van der Waals surface area contributed by atoms with Crippen molar-refractivity contribution in [1.29, 1.82) is 0 Å². The second-order valence-electron chi connectivity index (χ2n) is 6.26. The number of amides is 2. The Labute approximate surface area is 153 Å². The lowest BCUT2D eigenvalue weighted by molar-refractivity contribution is -0.120. The van der Waals surface area contributed by atoms with Crippen molar-refractivity contribution < 1.29 is 18.4 Å². The van der Waals surface area contributed by atoms with E-state index in [4.69, 9.17) is 0 Å². The van der Waals surface area contributed by atoms with Gasteiger partial charge in [-0.2, -0.15) is 0 Å². The number of fused-ring (bicyclic) bond motifs is 1. The van der Waals surface area contributed by atoms with E-state index in [2.05, 4.69) is 16.0 Å². The molecule has 1 fully saturated rings. The zero-order valence-corrected chi connectivity index (χ0v) is 14.2. The largest absolute Gasteiger partial charge is 0.361 e. The number of carbonyl (C=O) groups excluding carboxylic acids is 2.